The van der Waals surface area contributed by atoms with E-state index in [1.165, 1.54) is 0 Å². The van der Waals surface area contributed by atoms with Gasteiger partial charge in [-0.2, -0.15) is 13.2 Å². The molecule has 0 fully saturated rings. The maximum Gasteiger partial charge on any atom is 0.411 e. The largest absolute Gasteiger partial charge is 0.411 e. The number of rotatable bonds is 7. The fourth-order valence-electron chi connectivity index (χ4n) is 2.07. The fraction of sp³-hybridized carbons (Fsp3) is 0.278. The minimum Gasteiger partial charge on any atom is -0.367 e. The SMILES string of the molecule is O=C(NCc1ccc(Cl)cc1)NCc1ccc(COCC(F)(F)F)cc1. The molecule has 0 unspecified atom stereocenters. The minimum atomic E-state index is -4.33. The summed E-state index contributed by atoms with van der Waals surface area (Å²) >= 11 is 5.79. The summed E-state index contributed by atoms with van der Waals surface area (Å²) in [6, 6.07) is 13.6. The fourth-order valence-corrected chi connectivity index (χ4v) is 2.19. The first kappa shape index (κ1) is 20.1. The van der Waals surface area contributed by atoms with E-state index >= 15 is 0 Å². The average molecular weight is 387 g/mol. The molecule has 0 aliphatic rings. The number of nitrogens with one attached hydrogen (secondary N) is 2. The summed E-state index contributed by atoms with van der Waals surface area (Å²) in [6.45, 7) is -0.715. The molecule has 0 aliphatic carbocycles. The second kappa shape index (κ2) is 9.45. The summed E-state index contributed by atoms with van der Waals surface area (Å²) in [7, 11) is 0. The topological polar surface area (TPSA) is 50.4 Å². The predicted molar refractivity (Wildman–Crippen MR) is 92.7 cm³/mol. The monoisotopic (exact) mass is 386 g/mol. The molecular formula is C18H18ClF3N2O2. The molecule has 2 N–H and O–H groups in total. The van der Waals surface area contributed by atoms with Gasteiger partial charge in [-0.3, -0.25) is 0 Å². The van der Waals surface area contributed by atoms with Gasteiger partial charge in [0.15, 0.2) is 0 Å². The van der Waals surface area contributed by atoms with Crippen molar-refractivity contribution in [3.05, 3.63) is 70.2 Å². The zero-order valence-electron chi connectivity index (χ0n) is 13.8. The Morgan fingerprint density at radius 3 is 1.85 bits per heavy atom. The Morgan fingerprint density at radius 1 is 0.885 bits per heavy atom. The van der Waals surface area contributed by atoms with Crippen LogP contribution in [-0.4, -0.2) is 18.8 Å². The van der Waals surface area contributed by atoms with E-state index in [0.29, 0.717) is 23.7 Å². The maximum absolute atomic E-state index is 12.0. The van der Waals surface area contributed by atoms with Crippen LogP contribution in [0.5, 0.6) is 0 Å². The number of benzene rings is 2. The summed E-state index contributed by atoms with van der Waals surface area (Å²) in [5.74, 6) is 0. The van der Waals surface area contributed by atoms with Gasteiger partial charge in [-0.05, 0) is 28.8 Å². The van der Waals surface area contributed by atoms with Crippen LogP contribution in [0.3, 0.4) is 0 Å². The van der Waals surface area contributed by atoms with Gasteiger partial charge in [-0.25, -0.2) is 4.79 Å². The highest BCUT2D eigenvalue weighted by atomic mass is 35.5. The normalized spacial score (nSPS) is 11.2. The molecule has 0 radical (unpaired) electrons. The maximum atomic E-state index is 12.0. The molecule has 0 bridgehead atoms. The molecule has 2 aromatic rings. The van der Waals surface area contributed by atoms with Crippen molar-refractivity contribution < 1.29 is 22.7 Å². The van der Waals surface area contributed by atoms with Gasteiger partial charge in [-0.1, -0.05) is 48.0 Å². The van der Waals surface area contributed by atoms with Crippen molar-refractivity contribution in [3.63, 3.8) is 0 Å². The number of hydrogen-bond donors (Lipinski definition) is 2. The number of amides is 2. The number of urea groups is 1. The summed E-state index contributed by atoms with van der Waals surface area (Å²) in [5.41, 5.74) is 2.38. The first-order valence-electron chi connectivity index (χ1n) is 7.80. The lowest BCUT2D eigenvalue weighted by Crippen LogP contribution is -2.34. The average Bonchev–Trinajstić information content (AvgIpc) is 2.59. The Kier molecular flexibility index (Phi) is 7.29. The van der Waals surface area contributed by atoms with E-state index in [0.717, 1.165) is 11.1 Å². The van der Waals surface area contributed by atoms with Crippen LogP contribution in [-0.2, 0) is 24.4 Å². The highest BCUT2D eigenvalue weighted by Gasteiger charge is 2.27. The molecule has 26 heavy (non-hydrogen) atoms. The van der Waals surface area contributed by atoms with Gasteiger partial charge in [0.1, 0.15) is 6.61 Å². The van der Waals surface area contributed by atoms with Crippen LogP contribution in [0.4, 0.5) is 18.0 Å². The van der Waals surface area contributed by atoms with Crippen molar-refractivity contribution >= 4 is 17.6 Å². The Morgan fingerprint density at radius 2 is 1.35 bits per heavy atom. The van der Waals surface area contributed by atoms with E-state index in [-0.39, 0.29) is 12.6 Å². The lowest BCUT2D eigenvalue weighted by Gasteiger charge is -2.10. The van der Waals surface area contributed by atoms with Gasteiger partial charge < -0.3 is 15.4 Å². The summed E-state index contributed by atoms with van der Waals surface area (Å²) in [5, 5.41) is 6.06. The molecule has 0 aromatic heterocycles. The standard InChI is InChI=1S/C18H18ClF3N2O2/c19-16-7-5-14(6-8-16)10-24-17(25)23-9-13-1-3-15(4-2-13)11-26-12-18(20,21)22/h1-8H,9-12H2,(H2,23,24,25). The quantitative estimate of drug-likeness (QED) is 0.740. The molecule has 0 atom stereocenters. The van der Waals surface area contributed by atoms with E-state index in [2.05, 4.69) is 15.4 Å². The number of carbonyl (C=O) groups is 1. The number of ether oxygens (including phenoxy) is 1. The molecule has 2 aromatic carbocycles. The third-order valence-corrected chi connectivity index (χ3v) is 3.63. The highest BCUT2D eigenvalue weighted by Crippen LogP contribution is 2.16. The number of halogens is 4. The van der Waals surface area contributed by atoms with Gasteiger partial charge in [0.05, 0.1) is 6.61 Å². The molecule has 0 saturated carbocycles. The van der Waals surface area contributed by atoms with Gasteiger partial charge in [-0.15, -0.1) is 0 Å². The third kappa shape index (κ3) is 7.76. The van der Waals surface area contributed by atoms with Crippen molar-refractivity contribution in [2.45, 2.75) is 25.9 Å². The summed E-state index contributed by atoms with van der Waals surface area (Å²) in [4.78, 5) is 11.8. The van der Waals surface area contributed by atoms with E-state index in [9.17, 15) is 18.0 Å². The molecule has 0 saturated heterocycles. The minimum absolute atomic E-state index is 0.116. The lowest BCUT2D eigenvalue weighted by atomic mass is 10.1. The van der Waals surface area contributed by atoms with Crippen molar-refractivity contribution in [3.8, 4) is 0 Å². The van der Waals surface area contributed by atoms with Crippen LogP contribution in [0.1, 0.15) is 16.7 Å². The zero-order chi connectivity index (χ0) is 19.0. The number of alkyl halides is 3. The van der Waals surface area contributed by atoms with Crippen LogP contribution in [0.15, 0.2) is 48.5 Å². The number of hydrogen-bond acceptors (Lipinski definition) is 2. The second-order valence-corrected chi connectivity index (χ2v) is 6.02. The molecule has 4 nitrogen and oxygen atoms in total. The summed E-state index contributed by atoms with van der Waals surface area (Å²) in [6.07, 6.45) is -4.33. The van der Waals surface area contributed by atoms with Crippen LogP contribution in [0.2, 0.25) is 5.02 Å². The zero-order valence-corrected chi connectivity index (χ0v) is 14.5. The first-order valence-corrected chi connectivity index (χ1v) is 8.18. The second-order valence-electron chi connectivity index (χ2n) is 5.59. The Balaban J connectivity index is 1.69. The third-order valence-electron chi connectivity index (χ3n) is 3.38. The van der Waals surface area contributed by atoms with Crippen LogP contribution < -0.4 is 10.6 Å². The van der Waals surface area contributed by atoms with E-state index in [1.54, 1.807) is 36.4 Å². The molecule has 0 heterocycles. The Bertz CT molecular complexity index is 704. The summed E-state index contributed by atoms with van der Waals surface area (Å²) < 4.78 is 40.6. The first-order chi connectivity index (χ1) is 12.3. The molecule has 0 spiro atoms. The van der Waals surface area contributed by atoms with Gasteiger partial charge >= 0.3 is 12.2 Å². The van der Waals surface area contributed by atoms with Gasteiger partial charge in [0.25, 0.3) is 0 Å². The molecule has 140 valence electrons. The van der Waals surface area contributed by atoms with Crippen molar-refractivity contribution in [2.24, 2.45) is 0 Å². The van der Waals surface area contributed by atoms with Crippen molar-refractivity contribution in [1.82, 2.24) is 10.6 Å². The molecule has 8 heteroatoms. The number of carbonyl (C=O) groups excluding carboxylic acids is 1. The Hall–Kier alpha value is -2.25. The van der Waals surface area contributed by atoms with E-state index in [1.807, 2.05) is 12.1 Å². The molecule has 2 rings (SSSR count). The lowest BCUT2D eigenvalue weighted by molar-refractivity contribution is -0.176. The Labute approximate surface area is 154 Å². The molecule has 2 amide bonds. The van der Waals surface area contributed by atoms with Crippen molar-refractivity contribution in [2.75, 3.05) is 6.61 Å². The van der Waals surface area contributed by atoms with Gasteiger partial charge in [0, 0.05) is 18.1 Å². The predicted octanol–water partition coefficient (Wildman–Crippen LogP) is 4.42. The van der Waals surface area contributed by atoms with Crippen molar-refractivity contribution in [1.29, 1.82) is 0 Å². The van der Waals surface area contributed by atoms with Gasteiger partial charge in [0.2, 0.25) is 0 Å². The van der Waals surface area contributed by atoms with Crippen LogP contribution in [0, 0.1) is 0 Å². The van der Waals surface area contributed by atoms with E-state index < -0.39 is 12.8 Å². The van der Waals surface area contributed by atoms with Crippen LogP contribution in [0.25, 0.3) is 0 Å². The van der Waals surface area contributed by atoms with Crippen LogP contribution >= 0.6 is 11.6 Å². The van der Waals surface area contributed by atoms with E-state index in [4.69, 9.17) is 11.6 Å². The highest BCUT2D eigenvalue weighted by molar-refractivity contribution is 6.30. The molecular weight excluding hydrogens is 369 g/mol. The molecule has 0 aliphatic heterocycles. The smallest absolute Gasteiger partial charge is 0.367 e.